The molecule has 1 aliphatic heterocycles. The van der Waals surface area contributed by atoms with Gasteiger partial charge in [0.15, 0.2) is 11.5 Å². The predicted octanol–water partition coefficient (Wildman–Crippen LogP) is 3.70. The number of carbonyl (C=O) groups is 1. The van der Waals surface area contributed by atoms with Crippen LogP contribution in [0.5, 0.6) is 17.2 Å². The Labute approximate surface area is 155 Å². The summed E-state index contributed by atoms with van der Waals surface area (Å²) in [6.45, 7) is 2.10. The number of para-hydroxylation sites is 1. The first-order chi connectivity index (χ1) is 12.2. The summed E-state index contributed by atoms with van der Waals surface area (Å²) in [6.07, 6.45) is 1.09. The largest absolute Gasteiger partial charge is 0.492 e. The number of hydrogen-bond acceptors (Lipinski definition) is 4. The zero-order valence-corrected chi connectivity index (χ0v) is 15.4. The first-order valence-corrected chi connectivity index (χ1v) is 9.04. The van der Waals surface area contributed by atoms with Crippen molar-refractivity contribution >= 4 is 21.8 Å². The summed E-state index contributed by atoms with van der Waals surface area (Å²) in [5.74, 6) is 2.29. The third-order valence-electron chi connectivity index (χ3n) is 3.74. The molecule has 0 saturated heterocycles. The molecule has 1 N–H and O–H groups in total. The van der Waals surface area contributed by atoms with E-state index < -0.39 is 0 Å². The number of halogens is 1. The molecular weight excluding hydrogens is 386 g/mol. The molecule has 0 fully saturated rings. The Hall–Kier alpha value is -2.21. The van der Waals surface area contributed by atoms with Crippen molar-refractivity contribution in [1.82, 2.24) is 5.32 Å². The van der Waals surface area contributed by atoms with Gasteiger partial charge in [-0.1, -0.05) is 18.2 Å². The van der Waals surface area contributed by atoms with Crippen molar-refractivity contribution in [3.63, 3.8) is 0 Å². The minimum Gasteiger partial charge on any atom is -0.492 e. The monoisotopic (exact) mass is 405 g/mol. The summed E-state index contributed by atoms with van der Waals surface area (Å²) >= 11 is 3.43. The molecule has 1 amide bonds. The van der Waals surface area contributed by atoms with Gasteiger partial charge in [0.25, 0.3) is 0 Å². The quantitative estimate of drug-likeness (QED) is 0.713. The molecule has 0 aromatic heterocycles. The van der Waals surface area contributed by atoms with Crippen LogP contribution in [0, 0.1) is 0 Å². The summed E-state index contributed by atoms with van der Waals surface area (Å²) in [5.41, 5.74) is 0.988. The summed E-state index contributed by atoms with van der Waals surface area (Å²) in [4.78, 5) is 12.0. The van der Waals surface area contributed by atoms with E-state index in [4.69, 9.17) is 14.2 Å². The Bertz CT molecular complexity index is 735. The Morgan fingerprint density at radius 1 is 1.12 bits per heavy atom. The Balaban J connectivity index is 1.37. The lowest BCUT2D eigenvalue weighted by Crippen LogP contribution is -2.23. The zero-order valence-electron chi connectivity index (χ0n) is 13.8. The third-order valence-corrected chi connectivity index (χ3v) is 4.39. The van der Waals surface area contributed by atoms with Gasteiger partial charge in [0.2, 0.25) is 5.91 Å². The number of ether oxygens (including phenoxy) is 3. The molecule has 2 aromatic rings. The van der Waals surface area contributed by atoms with Crippen LogP contribution in [0.4, 0.5) is 0 Å². The number of carbonyl (C=O) groups excluding carboxylic acids is 1. The fourth-order valence-corrected chi connectivity index (χ4v) is 2.86. The van der Waals surface area contributed by atoms with Gasteiger partial charge in [0.1, 0.15) is 19.0 Å². The van der Waals surface area contributed by atoms with Gasteiger partial charge in [0.05, 0.1) is 11.1 Å². The first-order valence-electron chi connectivity index (χ1n) is 8.25. The molecule has 132 valence electrons. The molecular formula is C19H20BrNO4. The fourth-order valence-electron chi connectivity index (χ4n) is 2.46. The van der Waals surface area contributed by atoms with E-state index in [0.717, 1.165) is 27.3 Å². The van der Waals surface area contributed by atoms with Gasteiger partial charge in [-0.2, -0.15) is 0 Å². The van der Waals surface area contributed by atoms with Crippen LogP contribution < -0.4 is 19.5 Å². The summed E-state index contributed by atoms with van der Waals surface area (Å²) in [6, 6.07) is 13.4. The van der Waals surface area contributed by atoms with Gasteiger partial charge in [-0.05, 0) is 52.2 Å². The SMILES string of the molecule is O=C(CCCOc1ccccc1Br)NCc1ccc2c(c1)OCCO2. The molecule has 6 heteroatoms. The first kappa shape index (κ1) is 17.6. The number of rotatable bonds is 7. The number of nitrogens with one attached hydrogen (secondary N) is 1. The highest BCUT2D eigenvalue weighted by Gasteiger charge is 2.12. The minimum atomic E-state index is 0.00520. The molecule has 0 atom stereocenters. The summed E-state index contributed by atoms with van der Waals surface area (Å²) < 4.78 is 17.6. The van der Waals surface area contributed by atoms with Crippen LogP contribution in [0.2, 0.25) is 0 Å². The Morgan fingerprint density at radius 2 is 1.92 bits per heavy atom. The molecule has 0 unspecified atom stereocenters. The van der Waals surface area contributed by atoms with Gasteiger partial charge in [-0.3, -0.25) is 4.79 Å². The van der Waals surface area contributed by atoms with E-state index in [2.05, 4.69) is 21.2 Å². The molecule has 25 heavy (non-hydrogen) atoms. The number of benzene rings is 2. The fraction of sp³-hybridized carbons (Fsp3) is 0.316. The molecule has 5 nitrogen and oxygen atoms in total. The van der Waals surface area contributed by atoms with Gasteiger partial charge >= 0.3 is 0 Å². The Morgan fingerprint density at radius 3 is 2.76 bits per heavy atom. The van der Waals surface area contributed by atoms with Gasteiger partial charge < -0.3 is 19.5 Å². The van der Waals surface area contributed by atoms with Crippen molar-refractivity contribution in [3.8, 4) is 17.2 Å². The molecule has 0 saturated carbocycles. The van der Waals surface area contributed by atoms with Gasteiger partial charge in [-0.15, -0.1) is 0 Å². The van der Waals surface area contributed by atoms with Crippen LogP contribution in [0.25, 0.3) is 0 Å². The normalized spacial score (nSPS) is 12.5. The summed E-state index contributed by atoms with van der Waals surface area (Å²) in [5, 5.41) is 2.92. The van der Waals surface area contributed by atoms with E-state index >= 15 is 0 Å². The van der Waals surface area contributed by atoms with E-state index in [1.165, 1.54) is 0 Å². The molecule has 1 heterocycles. The van der Waals surface area contributed by atoms with Crippen molar-refractivity contribution in [1.29, 1.82) is 0 Å². The maximum Gasteiger partial charge on any atom is 0.220 e. The molecule has 1 aliphatic rings. The predicted molar refractivity (Wildman–Crippen MR) is 98.1 cm³/mol. The van der Waals surface area contributed by atoms with Gasteiger partial charge in [-0.25, -0.2) is 0 Å². The van der Waals surface area contributed by atoms with Crippen molar-refractivity contribution in [2.45, 2.75) is 19.4 Å². The second-order valence-electron chi connectivity index (χ2n) is 5.64. The number of hydrogen-bond donors (Lipinski definition) is 1. The highest BCUT2D eigenvalue weighted by atomic mass is 79.9. The van der Waals surface area contributed by atoms with Crippen LogP contribution in [0.3, 0.4) is 0 Å². The highest BCUT2D eigenvalue weighted by molar-refractivity contribution is 9.10. The highest BCUT2D eigenvalue weighted by Crippen LogP contribution is 2.30. The molecule has 0 aliphatic carbocycles. The number of fused-ring (bicyclic) bond motifs is 1. The van der Waals surface area contributed by atoms with Crippen LogP contribution >= 0.6 is 15.9 Å². The average molecular weight is 406 g/mol. The number of amides is 1. The lowest BCUT2D eigenvalue weighted by Gasteiger charge is -2.19. The van der Waals surface area contributed by atoms with Crippen LogP contribution in [-0.4, -0.2) is 25.7 Å². The van der Waals surface area contributed by atoms with E-state index in [1.807, 2.05) is 42.5 Å². The van der Waals surface area contributed by atoms with Crippen LogP contribution in [-0.2, 0) is 11.3 Å². The lowest BCUT2D eigenvalue weighted by atomic mass is 10.2. The Kier molecular flexibility index (Phi) is 6.17. The average Bonchev–Trinajstić information content (AvgIpc) is 2.64. The zero-order chi connectivity index (χ0) is 17.5. The second kappa shape index (κ2) is 8.76. The topological polar surface area (TPSA) is 56.8 Å². The maximum atomic E-state index is 12.0. The molecule has 3 rings (SSSR count). The minimum absolute atomic E-state index is 0.00520. The molecule has 2 aromatic carbocycles. The van der Waals surface area contributed by atoms with Gasteiger partial charge in [0, 0.05) is 13.0 Å². The molecule has 0 radical (unpaired) electrons. The third kappa shape index (κ3) is 5.13. The molecule has 0 bridgehead atoms. The molecule has 0 spiro atoms. The van der Waals surface area contributed by atoms with Crippen LogP contribution in [0.1, 0.15) is 18.4 Å². The van der Waals surface area contributed by atoms with E-state index in [1.54, 1.807) is 0 Å². The van der Waals surface area contributed by atoms with Crippen molar-refractivity contribution in [2.24, 2.45) is 0 Å². The van der Waals surface area contributed by atoms with E-state index in [-0.39, 0.29) is 5.91 Å². The second-order valence-corrected chi connectivity index (χ2v) is 6.49. The standard InChI is InChI=1S/C19H20BrNO4/c20-15-4-1-2-5-16(15)23-9-3-6-19(22)21-13-14-7-8-17-18(12-14)25-11-10-24-17/h1-2,4-5,7-8,12H,3,6,9-11,13H2,(H,21,22). The van der Waals surface area contributed by atoms with E-state index in [9.17, 15) is 4.79 Å². The lowest BCUT2D eigenvalue weighted by molar-refractivity contribution is -0.121. The summed E-state index contributed by atoms with van der Waals surface area (Å²) in [7, 11) is 0. The maximum absolute atomic E-state index is 12.0. The smallest absolute Gasteiger partial charge is 0.220 e. The van der Waals surface area contributed by atoms with Crippen molar-refractivity contribution < 1.29 is 19.0 Å². The van der Waals surface area contributed by atoms with Crippen LogP contribution in [0.15, 0.2) is 46.9 Å². The van der Waals surface area contributed by atoms with E-state index in [0.29, 0.717) is 39.2 Å². The van der Waals surface area contributed by atoms with Crippen molar-refractivity contribution in [3.05, 3.63) is 52.5 Å². The van der Waals surface area contributed by atoms with Crippen molar-refractivity contribution in [2.75, 3.05) is 19.8 Å².